The van der Waals surface area contributed by atoms with Gasteiger partial charge in [0.25, 0.3) is 0 Å². The molecule has 318 valence electrons. The van der Waals surface area contributed by atoms with Gasteiger partial charge >= 0.3 is 11.9 Å². The maximum absolute atomic E-state index is 14.3. The van der Waals surface area contributed by atoms with E-state index in [1.807, 2.05) is 0 Å². The van der Waals surface area contributed by atoms with Crippen molar-refractivity contribution in [1.82, 2.24) is 9.80 Å². The Morgan fingerprint density at radius 2 is 1.54 bits per heavy atom. The average molecular weight is 781 g/mol. The number of carboxylic acid groups (broad SMARTS) is 1. The van der Waals surface area contributed by atoms with Crippen molar-refractivity contribution in [2.45, 2.75) is 171 Å². The Bertz CT molecular complexity index is 1530. The third-order valence-corrected chi connectivity index (χ3v) is 18.0. The molecule has 9 unspecified atom stereocenters. The summed E-state index contributed by atoms with van der Waals surface area (Å²) in [5.74, 6) is 0.904. The summed E-state index contributed by atoms with van der Waals surface area (Å²) in [7, 11) is 4.28. The van der Waals surface area contributed by atoms with Crippen molar-refractivity contribution in [3.63, 3.8) is 0 Å². The van der Waals surface area contributed by atoms with Crippen LogP contribution in [0.25, 0.3) is 0 Å². The molecule has 0 saturated heterocycles. The Morgan fingerprint density at radius 1 is 0.857 bits per heavy atom. The number of ketones is 1. The van der Waals surface area contributed by atoms with Gasteiger partial charge in [0.05, 0.1) is 17.9 Å². The van der Waals surface area contributed by atoms with Crippen molar-refractivity contribution in [1.29, 1.82) is 0 Å². The first-order valence-corrected chi connectivity index (χ1v) is 22.8. The highest BCUT2D eigenvalue weighted by molar-refractivity contribution is 6.00. The molecule has 9 atom stereocenters. The van der Waals surface area contributed by atoms with E-state index in [0.29, 0.717) is 30.7 Å². The lowest BCUT2D eigenvalue weighted by Gasteiger charge is -2.72. The molecule has 6 aliphatic carbocycles. The summed E-state index contributed by atoms with van der Waals surface area (Å²) in [4.78, 5) is 44.1. The maximum Gasteiger partial charge on any atom is 0.309 e. The van der Waals surface area contributed by atoms with Gasteiger partial charge in [0.2, 0.25) is 0 Å². The van der Waals surface area contributed by atoms with Gasteiger partial charge < -0.3 is 19.8 Å². The van der Waals surface area contributed by atoms with Crippen LogP contribution >= 0.6 is 0 Å². The largest absolute Gasteiger partial charge is 0.481 e. The van der Waals surface area contributed by atoms with E-state index in [1.165, 1.54) is 37.7 Å². The van der Waals surface area contributed by atoms with Crippen LogP contribution in [0.15, 0.2) is 11.1 Å². The summed E-state index contributed by atoms with van der Waals surface area (Å²) in [6, 6.07) is 0. The number of likely N-dealkylation sites (N-methyl/N-ethyl adjacent to an activating group) is 1. The van der Waals surface area contributed by atoms with Crippen molar-refractivity contribution < 1.29 is 29.3 Å². The van der Waals surface area contributed by atoms with Gasteiger partial charge in [-0.3, -0.25) is 19.3 Å². The van der Waals surface area contributed by atoms with E-state index in [-0.39, 0.29) is 51.8 Å². The molecule has 0 aromatic rings. The number of carbonyl (C=O) groups is 3. The molecule has 0 bridgehead atoms. The lowest BCUT2D eigenvalue weighted by molar-refractivity contribution is -0.235. The first-order valence-electron chi connectivity index (χ1n) is 22.8. The van der Waals surface area contributed by atoms with E-state index < -0.39 is 28.9 Å². The number of aliphatic hydroxyl groups excluding tert-OH is 1. The summed E-state index contributed by atoms with van der Waals surface area (Å²) in [5, 5.41) is 22.4. The number of fused-ring (bicyclic) bond motifs is 7. The van der Waals surface area contributed by atoms with Crippen LogP contribution in [-0.4, -0.2) is 90.2 Å². The average Bonchev–Trinajstić information content (AvgIpc) is 3.42. The zero-order valence-electron chi connectivity index (χ0n) is 37.4. The Labute approximate surface area is 340 Å². The van der Waals surface area contributed by atoms with Crippen LogP contribution in [0.2, 0.25) is 0 Å². The third-order valence-electron chi connectivity index (χ3n) is 18.0. The van der Waals surface area contributed by atoms with Gasteiger partial charge in [0.1, 0.15) is 6.10 Å². The second kappa shape index (κ2) is 15.7. The van der Waals surface area contributed by atoms with Gasteiger partial charge in [-0.2, -0.15) is 0 Å². The topological polar surface area (TPSA) is 107 Å². The number of hydrogen-bond donors (Lipinski definition) is 2. The van der Waals surface area contributed by atoms with Gasteiger partial charge in [-0.15, -0.1) is 0 Å². The molecule has 5 fully saturated rings. The number of Topliss-reactive ketones (excluding diaryl/α,β-unsaturated/α-hetero) is 1. The van der Waals surface area contributed by atoms with Crippen LogP contribution in [0.4, 0.5) is 0 Å². The predicted molar refractivity (Wildman–Crippen MR) is 223 cm³/mol. The predicted octanol–water partition coefficient (Wildman–Crippen LogP) is 9.18. The monoisotopic (exact) mass is 781 g/mol. The van der Waals surface area contributed by atoms with E-state index in [4.69, 9.17) is 4.74 Å². The number of esters is 1. The van der Waals surface area contributed by atoms with Gasteiger partial charge in [-0.1, -0.05) is 73.3 Å². The van der Waals surface area contributed by atoms with Crippen LogP contribution in [0.5, 0.6) is 0 Å². The van der Waals surface area contributed by atoms with Crippen LogP contribution in [-0.2, 0) is 19.1 Å². The molecular formula is C48H80N2O6. The number of ether oxygens (including phenoxy) is 1. The molecule has 6 aliphatic rings. The molecule has 6 rings (SSSR count). The molecule has 8 nitrogen and oxygen atoms in total. The van der Waals surface area contributed by atoms with Gasteiger partial charge in [0, 0.05) is 43.4 Å². The molecule has 0 radical (unpaired) electrons. The first-order chi connectivity index (χ1) is 26.0. The second-order valence-corrected chi connectivity index (χ2v) is 22.6. The second-order valence-electron chi connectivity index (χ2n) is 22.6. The molecule has 5 saturated carbocycles. The Morgan fingerprint density at radius 3 is 2.16 bits per heavy atom. The molecule has 0 aliphatic heterocycles. The SMILES string of the molecule is CC(C)C1=C2C3CCC4C5(C)CCC(OC(=O)CC(C)(C)C(=O)O)C(C)(C)C5CCC4(C)C3(C)CCC2(C(O)CN(CCN(C)C)CC2CCCCC2)CC1=O. The smallest absolute Gasteiger partial charge is 0.309 e. The van der Waals surface area contributed by atoms with E-state index in [2.05, 4.69) is 72.4 Å². The minimum atomic E-state index is -1.16. The quantitative estimate of drug-likeness (QED) is 0.178. The summed E-state index contributed by atoms with van der Waals surface area (Å²) in [6.45, 7) is 23.5. The maximum atomic E-state index is 14.3. The Hall–Kier alpha value is -1.77. The number of nitrogens with zero attached hydrogens (tertiary/aromatic N) is 2. The van der Waals surface area contributed by atoms with Crippen molar-refractivity contribution in [2.24, 2.45) is 62.1 Å². The van der Waals surface area contributed by atoms with E-state index in [9.17, 15) is 24.6 Å². The van der Waals surface area contributed by atoms with E-state index >= 15 is 0 Å². The molecule has 0 heterocycles. The number of rotatable bonds is 13. The first kappa shape index (κ1) is 43.8. The number of carboxylic acids is 1. The molecule has 56 heavy (non-hydrogen) atoms. The third kappa shape index (κ3) is 7.39. The molecule has 8 heteroatoms. The fourth-order valence-electron chi connectivity index (χ4n) is 14.7. The normalized spacial score (nSPS) is 37.9. The lowest BCUT2D eigenvalue weighted by Crippen LogP contribution is -2.66. The highest BCUT2D eigenvalue weighted by Crippen LogP contribution is 2.77. The summed E-state index contributed by atoms with van der Waals surface area (Å²) in [5.41, 5.74) is 0.691. The minimum Gasteiger partial charge on any atom is -0.481 e. The van der Waals surface area contributed by atoms with Gasteiger partial charge in [-0.05, 0) is 144 Å². The van der Waals surface area contributed by atoms with Crippen LogP contribution in [0.3, 0.4) is 0 Å². The van der Waals surface area contributed by atoms with E-state index in [0.717, 1.165) is 76.6 Å². The number of carbonyl (C=O) groups excluding carboxylic acids is 2. The number of allylic oxidation sites excluding steroid dienone is 1. The van der Waals surface area contributed by atoms with Crippen LogP contribution in [0, 0.1) is 62.1 Å². The van der Waals surface area contributed by atoms with Crippen molar-refractivity contribution in [3.8, 4) is 0 Å². The number of hydrogen-bond acceptors (Lipinski definition) is 7. The Balaban J connectivity index is 1.27. The number of aliphatic carboxylic acids is 1. The fraction of sp³-hybridized carbons (Fsp3) is 0.896. The van der Waals surface area contributed by atoms with Crippen molar-refractivity contribution >= 4 is 17.7 Å². The minimum absolute atomic E-state index is 0.00971. The van der Waals surface area contributed by atoms with Gasteiger partial charge in [-0.25, -0.2) is 0 Å². The standard InChI is InChI=1S/C48H80N2O6/c1-31(2)40-34(51)27-48(37(52)30-50(26-25-49(10)11)29-32-15-13-12-14-16-32)24-23-46(8)33(41(40)48)17-18-36-45(7)21-20-38(56-39(53)28-43(3,4)42(54)55)44(5,6)35(45)19-22-47(36,46)9/h31-33,35-38,52H,12-30H2,1-11H3,(H,54,55). The lowest BCUT2D eigenvalue weighted by atomic mass is 9.33. The Kier molecular flexibility index (Phi) is 12.3. The fourth-order valence-corrected chi connectivity index (χ4v) is 14.7. The van der Waals surface area contributed by atoms with Gasteiger partial charge in [0.15, 0.2) is 5.78 Å². The van der Waals surface area contributed by atoms with Crippen molar-refractivity contribution in [2.75, 3.05) is 40.3 Å². The van der Waals surface area contributed by atoms with E-state index in [1.54, 1.807) is 13.8 Å². The molecule has 0 aromatic carbocycles. The highest BCUT2D eigenvalue weighted by Gasteiger charge is 2.71. The van der Waals surface area contributed by atoms with Crippen molar-refractivity contribution in [3.05, 3.63) is 11.1 Å². The molecule has 0 aromatic heterocycles. The zero-order valence-corrected chi connectivity index (χ0v) is 37.4. The number of aliphatic hydroxyl groups is 1. The highest BCUT2D eigenvalue weighted by atomic mass is 16.5. The van der Waals surface area contributed by atoms with Crippen LogP contribution < -0.4 is 0 Å². The summed E-state index contributed by atoms with van der Waals surface area (Å²) in [6.07, 6.45) is 14.1. The molecular weight excluding hydrogens is 701 g/mol. The molecule has 0 amide bonds. The molecule has 2 N–H and O–H groups in total. The summed E-state index contributed by atoms with van der Waals surface area (Å²) >= 11 is 0. The zero-order chi connectivity index (χ0) is 41.2. The molecule has 0 spiro atoms. The summed E-state index contributed by atoms with van der Waals surface area (Å²) < 4.78 is 6.21. The van der Waals surface area contributed by atoms with Crippen LogP contribution in [0.1, 0.15) is 159 Å².